The molecule has 202 valence electrons. The van der Waals surface area contributed by atoms with Crippen molar-refractivity contribution in [1.82, 2.24) is 15.1 Å². The number of nitrogens with one attached hydrogen (secondary N) is 1. The van der Waals surface area contributed by atoms with Crippen molar-refractivity contribution >= 4 is 29.4 Å². The minimum absolute atomic E-state index is 0.0609. The zero-order valence-electron chi connectivity index (χ0n) is 21.7. The maximum Gasteiger partial charge on any atom is 0.325 e. The van der Waals surface area contributed by atoms with Gasteiger partial charge in [0.05, 0.1) is 18.3 Å². The number of primary amides is 1. The molecule has 0 radical (unpaired) electrons. The van der Waals surface area contributed by atoms with Gasteiger partial charge in [0.15, 0.2) is 0 Å². The molecule has 2 aromatic rings. The number of piperidine rings is 1. The number of likely N-dealkylation sites (tertiary alicyclic amines) is 1. The molecule has 10 nitrogen and oxygen atoms in total. The molecular formula is C28H35N5O5. The second-order valence-electron chi connectivity index (χ2n) is 9.56. The Bertz CT molecular complexity index is 1160. The van der Waals surface area contributed by atoms with Crippen LogP contribution in [0.3, 0.4) is 0 Å². The Balaban J connectivity index is 1.37. The Labute approximate surface area is 222 Å². The van der Waals surface area contributed by atoms with Gasteiger partial charge in [0, 0.05) is 26.0 Å². The summed E-state index contributed by atoms with van der Waals surface area (Å²) in [5.41, 5.74) is 8.08. The number of aliphatic imine (C=N–C) groups is 1. The van der Waals surface area contributed by atoms with Crippen LogP contribution < -0.4 is 15.8 Å². The van der Waals surface area contributed by atoms with Gasteiger partial charge in [0.2, 0.25) is 17.8 Å². The zero-order chi connectivity index (χ0) is 26.9. The number of hydrogen-bond donors (Lipinski definition) is 2. The van der Waals surface area contributed by atoms with E-state index in [0.717, 1.165) is 37.1 Å². The summed E-state index contributed by atoms with van der Waals surface area (Å²) in [5, 5.41) is 2.71. The molecule has 2 aliphatic heterocycles. The van der Waals surface area contributed by atoms with E-state index in [1.54, 1.807) is 11.0 Å². The van der Waals surface area contributed by atoms with Gasteiger partial charge in [0.25, 0.3) is 0 Å². The lowest BCUT2D eigenvalue weighted by Gasteiger charge is -2.32. The monoisotopic (exact) mass is 521 g/mol. The number of hydrogen-bond acceptors (Lipinski definition) is 8. The largest absolute Gasteiger partial charge is 0.493 e. The number of ether oxygens (including phenoxy) is 2. The molecule has 3 N–H and O–H groups in total. The number of carbonyl (C=O) groups excluding carboxylic acids is 3. The normalized spacial score (nSPS) is 16.1. The van der Waals surface area contributed by atoms with Crippen molar-refractivity contribution in [3.05, 3.63) is 59.7 Å². The number of amides is 2. The van der Waals surface area contributed by atoms with Crippen LogP contribution in [0, 0.1) is 0 Å². The minimum atomic E-state index is -0.423. The summed E-state index contributed by atoms with van der Waals surface area (Å²) in [6.45, 7) is 3.96. The van der Waals surface area contributed by atoms with Crippen molar-refractivity contribution in [2.75, 3.05) is 26.2 Å². The molecule has 1 saturated heterocycles. The van der Waals surface area contributed by atoms with E-state index in [4.69, 9.17) is 15.2 Å². The Morgan fingerprint density at radius 2 is 1.84 bits per heavy atom. The predicted octanol–water partition coefficient (Wildman–Crippen LogP) is 2.48. The third kappa shape index (κ3) is 7.55. The second-order valence-corrected chi connectivity index (χ2v) is 9.56. The fourth-order valence-corrected chi connectivity index (χ4v) is 4.69. The first-order valence-electron chi connectivity index (χ1n) is 13.0. The van der Waals surface area contributed by atoms with E-state index >= 15 is 0 Å². The summed E-state index contributed by atoms with van der Waals surface area (Å²) in [6, 6.07) is 14.6. The predicted molar refractivity (Wildman–Crippen MR) is 143 cm³/mol. The molecule has 2 heterocycles. The quantitative estimate of drug-likeness (QED) is 0.460. The van der Waals surface area contributed by atoms with Crippen LogP contribution in [0.5, 0.6) is 5.75 Å². The van der Waals surface area contributed by atoms with Crippen LogP contribution in [0.4, 0.5) is 5.69 Å². The molecule has 2 amide bonds. The summed E-state index contributed by atoms with van der Waals surface area (Å²) in [7, 11) is 0. The number of carbonyl (C=O) groups is 3. The lowest BCUT2D eigenvalue weighted by molar-refractivity contribution is -0.145. The van der Waals surface area contributed by atoms with Crippen LogP contribution in [0.2, 0.25) is 0 Å². The van der Waals surface area contributed by atoms with Gasteiger partial charge in [-0.3, -0.25) is 24.6 Å². The van der Waals surface area contributed by atoms with Crippen molar-refractivity contribution in [2.45, 2.75) is 51.8 Å². The van der Waals surface area contributed by atoms with E-state index in [1.165, 1.54) is 13.3 Å². The standard InChI is InChI=1S/C28H35N5O5/c1-20(34)30-28-31-24-16-23(37-15-12-25(27(29)36)32-13-6-3-7-14-32)11-10-22(24)17-33(28)18-26(35)38-19-21-8-4-2-5-9-21/h2,4-5,8-11,16,25H,3,6-7,12-15,17-19H2,1H3,(H2,29,36)(H,30,31,34). The highest BCUT2D eigenvalue weighted by molar-refractivity contribution is 5.99. The third-order valence-electron chi connectivity index (χ3n) is 6.61. The zero-order valence-corrected chi connectivity index (χ0v) is 21.7. The number of guanidine groups is 1. The molecular weight excluding hydrogens is 486 g/mol. The first-order chi connectivity index (χ1) is 18.4. The molecule has 0 saturated carbocycles. The Morgan fingerprint density at radius 3 is 2.55 bits per heavy atom. The third-order valence-corrected chi connectivity index (χ3v) is 6.61. The molecule has 0 aromatic heterocycles. The smallest absolute Gasteiger partial charge is 0.325 e. The van der Waals surface area contributed by atoms with Crippen LogP contribution in [0.15, 0.2) is 53.5 Å². The number of benzene rings is 2. The van der Waals surface area contributed by atoms with Gasteiger partial charge >= 0.3 is 5.97 Å². The Morgan fingerprint density at radius 1 is 1.08 bits per heavy atom. The first-order valence-corrected chi connectivity index (χ1v) is 13.0. The molecule has 2 aromatic carbocycles. The number of fused-ring (bicyclic) bond motifs is 1. The number of esters is 1. The van der Waals surface area contributed by atoms with Crippen molar-refractivity contribution in [2.24, 2.45) is 10.7 Å². The summed E-state index contributed by atoms with van der Waals surface area (Å²) >= 11 is 0. The number of nitrogens with zero attached hydrogens (tertiary/aromatic N) is 3. The van der Waals surface area contributed by atoms with Crippen LogP contribution in [0.25, 0.3) is 0 Å². The topological polar surface area (TPSA) is 127 Å². The Hall–Kier alpha value is -3.92. The molecule has 1 atom stereocenters. The molecule has 0 aliphatic carbocycles. The molecule has 10 heteroatoms. The van der Waals surface area contributed by atoms with Crippen molar-refractivity contribution in [3.63, 3.8) is 0 Å². The van der Waals surface area contributed by atoms with E-state index in [-0.39, 0.29) is 37.0 Å². The molecule has 1 unspecified atom stereocenters. The van der Waals surface area contributed by atoms with E-state index < -0.39 is 5.97 Å². The summed E-state index contributed by atoms with van der Waals surface area (Å²) in [5.74, 6) is -0.164. The van der Waals surface area contributed by atoms with Gasteiger partial charge in [-0.1, -0.05) is 42.8 Å². The molecule has 4 rings (SSSR count). The molecule has 38 heavy (non-hydrogen) atoms. The van der Waals surface area contributed by atoms with E-state index in [2.05, 4.69) is 15.2 Å². The fraction of sp³-hybridized carbons (Fsp3) is 0.429. The van der Waals surface area contributed by atoms with Gasteiger partial charge in [-0.15, -0.1) is 0 Å². The highest BCUT2D eigenvalue weighted by Crippen LogP contribution is 2.30. The SMILES string of the molecule is CC(=O)NC1=Nc2cc(OCCC(C(N)=O)N3CCCCC3)ccc2CN1CC(=O)OCc1ccccc1. The van der Waals surface area contributed by atoms with Crippen LogP contribution in [-0.4, -0.2) is 65.8 Å². The summed E-state index contributed by atoms with van der Waals surface area (Å²) < 4.78 is 11.4. The molecule has 1 fully saturated rings. The van der Waals surface area contributed by atoms with E-state index in [1.807, 2.05) is 42.5 Å². The highest BCUT2D eigenvalue weighted by atomic mass is 16.5. The molecule has 0 bridgehead atoms. The van der Waals surface area contributed by atoms with Crippen LogP contribution in [-0.2, 0) is 32.3 Å². The van der Waals surface area contributed by atoms with Gasteiger partial charge < -0.3 is 20.1 Å². The first kappa shape index (κ1) is 27.1. The van der Waals surface area contributed by atoms with Gasteiger partial charge in [0.1, 0.15) is 18.9 Å². The number of rotatable bonds is 10. The summed E-state index contributed by atoms with van der Waals surface area (Å²) in [6.07, 6.45) is 3.84. The van der Waals surface area contributed by atoms with Crippen LogP contribution in [0.1, 0.15) is 43.7 Å². The van der Waals surface area contributed by atoms with Crippen molar-refractivity contribution in [3.8, 4) is 5.75 Å². The Kier molecular flexibility index (Phi) is 9.31. The van der Waals surface area contributed by atoms with Gasteiger partial charge in [-0.25, -0.2) is 4.99 Å². The van der Waals surface area contributed by atoms with Crippen LogP contribution >= 0.6 is 0 Å². The number of nitrogens with two attached hydrogens (primary N) is 1. The maximum atomic E-state index is 12.5. The molecule has 0 spiro atoms. The van der Waals surface area contributed by atoms with E-state index in [0.29, 0.717) is 31.0 Å². The lowest BCUT2D eigenvalue weighted by Crippen LogP contribution is -2.47. The second kappa shape index (κ2) is 13.0. The van der Waals surface area contributed by atoms with Crippen molar-refractivity contribution in [1.29, 1.82) is 0 Å². The maximum absolute atomic E-state index is 12.5. The molecule has 2 aliphatic rings. The van der Waals surface area contributed by atoms with Gasteiger partial charge in [-0.05, 0) is 43.1 Å². The fourth-order valence-electron chi connectivity index (χ4n) is 4.69. The lowest BCUT2D eigenvalue weighted by atomic mass is 10.1. The van der Waals surface area contributed by atoms with Crippen molar-refractivity contribution < 1.29 is 23.9 Å². The average Bonchev–Trinajstić information content (AvgIpc) is 2.91. The summed E-state index contributed by atoms with van der Waals surface area (Å²) in [4.78, 5) is 44.8. The van der Waals surface area contributed by atoms with Gasteiger partial charge in [-0.2, -0.15) is 0 Å². The van der Waals surface area contributed by atoms with E-state index in [9.17, 15) is 14.4 Å². The minimum Gasteiger partial charge on any atom is -0.493 e. The average molecular weight is 522 g/mol. The highest BCUT2D eigenvalue weighted by Gasteiger charge is 2.26.